The molecule has 1 aliphatic carbocycles. The van der Waals surface area contributed by atoms with Crippen molar-refractivity contribution in [2.45, 2.75) is 39.2 Å². The molecule has 3 unspecified atom stereocenters. The molecule has 0 aromatic carbocycles. The monoisotopic (exact) mass is 219 g/mol. The normalized spacial score (nSPS) is 33.5. The van der Waals surface area contributed by atoms with Gasteiger partial charge in [-0.3, -0.25) is 0 Å². The molecule has 1 saturated carbocycles. The molecule has 0 saturated heterocycles. The number of hydrogen-bond donors (Lipinski definition) is 1. The zero-order valence-corrected chi connectivity index (χ0v) is 9.89. The lowest BCUT2D eigenvalue weighted by molar-refractivity contribution is 0.382. The first-order valence-corrected chi connectivity index (χ1v) is 7.24. The Morgan fingerprint density at radius 1 is 1.36 bits per heavy atom. The highest BCUT2D eigenvalue weighted by atomic mass is 32.2. The van der Waals surface area contributed by atoms with E-state index in [1.165, 1.54) is 0 Å². The molecule has 0 aromatic heterocycles. The lowest BCUT2D eigenvalue weighted by Crippen LogP contribution is -2.26. The van der Waals surface area contributed by atoms with Gasteiger partial charge in [-0.25, -0.2) is 8.42 Å². The van der Waals surface area contributed by atoms with E-state index in [4.69, 9.17) is 5.73 Å². The first kappa shape index (κ1) is 12.0. The second kappa shape index (κ2) is 4.62. The molecule has 1 aliphatic rings. The van der Waals surface area contributed by atoms with Crippen LogP contribution in [0.5, 0.6) is 0 Å². The van der Waals surface area contributed by atoms with Gasteiger partial charge >= 0.3 is 0 Å². The predicted octanol–water partition coefficient (Wildman–Crippen LogP) is 1.18. The van der Waals surface area contributed by atoms with Crippen LogP contribution in [0.2, 0.25) is 0 Å². The van der Waals surface area contributed by atoms with Crippen molar-refractivity contribution in [3.8, 4) is 0 Å². The highest BCUT2D eigenvalue weighted by molar-refractivity contribution is 7.91. The molecule has 3 atom stereocenters. The van der Waals surface area contributed by atoms with Gasteiger partial charge in [0.05, 0.1) is 5.75 Å². The van der Waals surface area contributed by atoms with Gasteiger partial charge in [-0.05, 0) is 31.1 Å². The van der Waals surface area contributed by atoms with Crippen LogP contribution in [0, 0.1) is 11.8 Å². The molecule has 14 heavy (non-hydrogen) atoms. The van der Waals surface area contributed by atoms with Crippen molar-refractivity contribution in [2.75, 3.05) is 11.5 Å². The number of sulfone groups is 1. The molecule has 1 rings (SSSR count). The maximum absolute atomic E-state index is 11.3. The summed E-state index contributed by atoms with van der Waals surface area (Å²) >= 11 is 0. The second-order valence-corrected chi connectivity index (χ2v) is 6.86. The summed E-state index contributed by atoms with van der Waals surface area (Å²) in [5, 5.41) is 0. The van der Waals surface area contributed by atoms with Crippen molar-refractivity contribution < 1.29 is 8.42 Å². The lowest BCUT2D eigenvalue weighted by Gasteiger charge is -2.17. The molecule has 0 aromatic rings. The zero-order valence-electron chi connectivity index (χ0n) is 9.07. The van der Waals surface area contributed by atoms with E-state index in [2.05, 4.69) is 6.92 Å². The average molecular weight is 219 g/mol. The van der Waals surface area contributed by atoms with Gasteiger partial charge in [0.25, 0.3) is 0 Å². The van der Waals surface area contributed by atoms with Crippen molar-refractivity contribution in [1.82, 2.24) is 0 Å². The van der Waals surface area contributed by atoms with E-state index < -0.39 is 9.84 Å². The number of hydrogen-bond acceptors (Lipinski definition) is 3. The minimum atomic E-state index is -2.79. The average Bonchev–Trinajstić information content (AvgIpc) is 2.45. The molecule has 0 heterocycles. The predicted molar refractivity (Wildman–Crippen MR) is 58.8 cm³/mol. The third-order valence-corrected chi connectivity index (χ3v) is 5.27. The van der Waals surface area contributed by atoms with Gasteiger partial charge in [-0.2, -0.15) is 0 Å². The van der Waals surface area contributed by atoms with Crippen molar-refractivity contribution >= 4 is 9.84 Å². The minimum Gasteiger partial charge on any atom is -0.327 e. The maximum atomic E-state index is 11.3. The summed E-state index contributed by atoms with van der Waals surface area (Å²) in [6.07, 6.45) is 2.95. The third-order valence-electron chi connectivity index (χ3n) is 3.53. The molecule has 0 aliphatic heterocycles. The number of nitrogens with two attached hydrogens (primary N) is 1. The second-order valence-electron chi connectivity index (χ2n) is 4.39. The van der Waals surface area contributed by atoms with Crippen LogP contribution in [0.25, 0.3) is 0 Å². The third kappa shape index (κ3) is 2.95. The maximum Gasteiger partial charge on any atom is 0.150 e. The van der Waals surface area contributed by atoms with Crippen LogP contribution in [0.4, 0.5) is 0 Å². The van der Waals surface area contributed by atoms with Crippen LogP contribution in [0.3, 0.4) is 0 Å². The highest BCUT2D eigenvalue weighted by Crippen LogP contribution is 2.33. The molecule has 0 radical (unpaired) electrons. The fourth-order valence-electron chi connectivity index (χ4n) is 2.16. The standard InChI is InChI=1S/C10H21NO2S/c1-3-14(12,13)7-6-9-4-5-10(11)8(9)2/h8-10H,3-7,11H2,1-2H3. The molecule has 3 nitrogen and oxygen atoms in total. The van der Waals surface area contributed by atoms with E-state index in [-0.39, 0.29) is 11.8 Å². The van der Waals surface area contributed by atoms with E-state index in [0.29, 0.717) is 17.6 Å². The highest BCUT2D eigenvalue weighted by Gasteiger charge is 2.30. The van der Waals surface area contributed by atoms with Gasteiger partial charge in [-0.1, -0.05) is 13.8 Å². The fourth-order valence-corrected chi connectivity index (χ4v) is 3.11. The van der Waals surface area contributed by atoms with Crippen molar-refractivity contribution in [1.29, 1.82) is 0 Å². The van der Waals surface area contributed by atoms with E-state index in [0.717, 1.165) is 19.3 Å². The molecule has 4 heteroatoms. The molecule has 0 bridgehead atoms. The molecular weight excluding hydrogens is 198 g/mol. The Morgan fingerprint density at radius 2 is 2.00 bits per heavy atom. The first-order valence-electron chi connectivity index (χ1n) is 5.42. The Balaban J connectivity index is 2.40. The van der Waals surface area contributed by atoms with Crippen molar-refractivity contribution in [2.24, 2.45) is 17.6 Å². The van der Waals surface area contributed by atoms with Crippen LogP contribution < -0.4 is 5.73 Å². The summed E-state index contributed by atoms with van der Waals surface area (Å²) in [7, 11) is -2.79. The number of rotatable bonds is 4. The van der Waals surface area contributed by atoms with Crippen LogP contribution in [-0.2, 0) is 9.84 Å². The largest absolute Gasteiger partial charge is 0.327 e. The first-order chi connectivity index (χ1) is 6.46. The molecule has 0 spiro atoms. The summed E-state index contributed by atoms with van der Waals surface area (Å²) < 4.78 is 22.6. The molecule has 1 fully saturated rings. The minimum absolute atomic E-state index is 0.264. The summed E-state index contributed by atoms with van der Waals surface area (Å²) in [5.74, 6) is 1.61. The van der Waals surface area contributed by atoms with Crippen molar-refractivity contribution in [3.05, 3.63) is 0 Å². The van der Waals surface area contributed by atoms with E-state index in [9.17, 15) is 8.42 Å². The van der Waals surface area contributed by atoms with Gasteiger partial charge in [-0.15, -0.1) is 0 Å². The van der Waals surface area contributed by atoms with Gasteiger partial charge < -0.3 is 5.73 Å². The van der Waals surface area contributed by atoms with Crippen LogP contribution in [0.1, 0.15) is 33.1 Å². The Labute approximate surface area is 87.0 Å². The molecule has 2 N–H and O–H groups in total. The quantitative estimate of drug-likeness (QED) is 0.772. The molecule has 84 valence electrons. The van der Waals surface area contributed by atoms with Crippen molar-refractivity contribution in [3.63, 3.8) is 0 Å². The van der Waals surface area contributed by atoms with Gasteiger partial charge in [0.1, 0.15) is 9.84 Å². The van der Waals surface area contributed by atoms with Crippen LogP contribution >= 0.6 is 0 Å². The van der Waals surface area contributed by atoms with E-state index in [1.807, 2.05) is 0 Å². The summed E-state index contributed by atoms with van der Waals surface area (Å²) in [4.78, 5) is 0. The topological polar surface area (TPSA) is 60.2 Å². The molecule has 0 amide bonds. The Morgan fingerprint density at radius 3 is 2.43 bits per heavy atom. The van der Waals surface area contributed by atoms with Gasteiger partial charge in [0, 0.05) is 11.8 Å². The van der Waals surface area contributed by atoms with Gasteiger partial charge in [0.2, 0.25) is 0 Å². The smallest absolute Gasteiger partial charge is 0.150 e. The summed E-state index contributed by atoms with van der Waals surface area (Å²) in [6.45, 7) is 3.85. The Kier molecular flexibility index (Phi) is 3.95. The molecular formula is C10H21NO2S. The zero-order chi connectivity index (χ0) is 10.8. The van der Waals surface area contributed by atoms with Crippen LogP contribution in [0.15, 0.2) is 0 Å². The lowest BCUT2D eigenvalue weighted by atomic mass is 9.94. The summed E-state index contributed by atoms with van der Waals surface area (Å²) in [5.41, 5.74) is 5.89. The fraction of sp³-hybridized carbons (Fsp3) is 1.00. The van der Waals surface area contributed by atoms with E-state index in [1.54, 1.807) is 6.92 Å². The Hall–Kier alpha value is -0.0900. The van der Waals surface area contributed by atoms with E-state index >= 15 is 0 Å². The van der Waals surface area contributed by atoms with Crippen LogP contribution in [-0.4, -0.2) is 26.0 Å². The Bertz CT molecular complexity index is 274. The van der Waals surface area contributed by atoms with Gasteiger partial charge in [0.15, 0.2) is 0 Å². The summed E-state index contributed by atoms with van der Waals surface area (Å²) in [6, 6.07) is 0.282. The SMILES string of the molecule is CCS(=O)(=O)CCC1CCC(N)C1C.